The molecule has 1 atom stereocenters. The van der Waals surface area contributed by atoms with Gasteiger partial charge in [-0.15, -0.1) is 0 Å². The molecule has 0 radical (unpaired) electrons. The summed E-state index contributed by atoms with van der Waals surface area (Å²) < 4.78 is 104. The van der Waals surface area contributed by atoms with Crippen molar-refractivity contribution in [1.82, 2.24) is 4.31 Å². The maximum absolute atomic E-state index is 14.6. The van der Waals surface area contributed by atoms with E-state index in [4.69, 9.17) is 4.74 Å². The van der Waals surface area contributed by atoms with Crippen LogP contribution in [-0.4, -0.2) is 42.8 Å². The zero-order chi connectivity index (χ0) is 37.2. The molecule has 2 fully saturated rings. The van der Waals surface area contributed by atoms with Crippen molar-refractivity contribution in [1.29, 1.82) is 0 Å². The molecule has 0 unspecified atom stereocenters. The zero-order valence-electron chi connectivity index (χ0n) is 27.8. The number of benzene rings is 4. The summed E-state index contributed by atoms with van der Waals surface area (Å²) in [6.07, 6.45) is 5.53. The monoisotopic (exact) mass is 742 g/mol. The highest BCUT2D eigenvalue weighted by Crippen LogP contribution is 2.36. The quantitative estimate of drug-likeness (QED) is 0.0951. The van der Waals surface area contributed by atoms with Gasteiger partial charge in [-0.25, -0.2) is 35.2 Å². The predicted molar refractivity (Wildman–Crippen MR) is 181 cm³/mol. The summed E-state index contributed by atoms with van der Waals surface area (Å²) in [6, 6.07) is 20.9. The van der Waals surface area contributed by atoms with E-state index in [0.717, 1.165) is 31.2 Å². The molecule has 4 aromatic rings. The molecule has 1 aliphatic carbocycles. The van der Waals surface area contributed by atoms with Gasteiger partial charge in [-0.2, -0.15) is 4.31 Å². The normalized spacial score (nSPS) is 16.9. The minimum atomic E-state index is -5.27. The second-order valence-corrected chi connectivity index (χ2v) is 14.9. The van der Waals surface area contributed by atoms with Gasteiger partial charge in [-0.3, -0.25) is 4.79 Å². The fourth-order valence-corrected chi connectivity index (χ4v) is 8.44. The van der Waals surface area contributed by atoms with Crippen LogP contribution in [0.25, 0.3) is 0 Å². The third kappa shape index (κ3) is 7.54. The van der Waals surface area contributed by atoms with Crippen molar-refractivity contribution in [3.05, 3.63) is 124 Å². The largest absolute Gasteiger partial charge is 0.488 e. The highest BCUT2D eigenvalue weighted by molar-refractivity contribution is 7.89. The Kier molecular flexibility index (Phi) is 11.0. The van der Waals surface area contributed by atoms with E-state index in [1.54, 1.807) is 24.3 Å². The van der Waals surface area contributed by atoms with Crippen molar-refractivity contribution in [3.8, 4) is 5.75 Å². The third-order valence-electron chi connectivity index (χ3n) is 9.68. The Morgan fingerprint density at radius 2 is 1.42 bits per heavy atom. The predicted octanol–water partition coefficient (Wildman–Crippen LogP) is 7.95. The van der Waals surface area contributed by atoms with Gasteiger partial charge in [0.2, 0.25) is 21.7 Å². The van der Waals surface area contributed by atoms with E-state index in [1.807, 2.05) is 30.3 Å². The lowest BCUT2D eigenvalue weighted by Crippen LogP contribution is -2.38. The number of carboxylic acid groups (broad SMARTS) is 1. The van der Waals surface area contributed by atoms with Gasteiger partial charge >= 0.3 is 5.97 Å². The average molecular weight is 743 g/mol. The van der Waals surface area contributed by atoms with E-state index in [-0.39, 0.29) is 36.6 Å². The molecule has 0 spiro atoms. The maximum Gasteiger partial charge on any atom is 0.339 e. The molecule has 1 amide bonds. The summed E-state index contributed by atoms with van der Waals surface area (Å²) in [6.45, 7) is -1.04. The van der Waals surface area contributed by atoms with Crippen LogP contribution in [0, 0.1) is 35.0 Å². The van der Waals surface area contributed by atoms with Crippen LogP contribution in [0.3, 0.4) is 0 Å². The second-order valence-electron chi connectivity index (χ2n) is 13.0. The highest BCUT2D eigenvalue weighted by atomic mass is 32.2. The summed E-state index contributed by atoms with van der Waals surface area (Å²) in [5.74, 6) is -14.9. The number of aromatic carboxylic acids is 1. The van der Waals surface area contributed by atoms with Gasteiger partial charge in [0.05, 0.1) is 12.5 Å². The van der Waals surface area contributed by atoms with Gasteiger partial charge in [0.1, 0.15) is 17.9 Å². The number of hydrogen-bond donors (Lipinski definition) is 1. The minimum Gasteiger partial charge on any atom is -0.488 e. The number of sulfonamides is 1. The number of ether oxygens (including phenoxy) is 1. The molecule has 1 N–H and O–H groups in total. The van der Waals surface area contributed by atoms with Crippen LogP contribution in [0.4, 0.5) is 27.6 Å². The summed E-state index contributed by atoms with van der Waals surface area (Å²) in [5, 5.41) is 9.89. The smallest absolute Gasteiger partial charge is 0.339 e. The van der Waals surface area contributed by atoms with Crippen molar-refractivity contribution in [2.75, 3.05) is 18.0 Å². The molecule has 2 aliphatic rings. The van der Waals surface area contributed by atoms with Gasteiger partial charge in [0.15, 0.2) is 28.2 Å². The Bertz CT molecular complexity index is 2050. The topological polar surface area (TPSA) is 104 Å². The molecule has 0 bridgehead atoms. The molecule has 0 aromatic heterocycles. The van der Waals surface area contributed by atoms with E-state index < -0.39 is 74.9 Å². The summed E-state index contributed by atoms with van der Waals surface area (Å²) >= 11 is 0. The molecular weight excluding hydrogens is 707 g/mol. The molecular formula is C38H35F5N2O6S. The van der Waals surface area contributed by atoms with Crippen LogP contribution in [0.15, 0.2) is 77.7 Å². The molecule has 6 rings (SSSR count). The van der Waals surface area contributed by atoms with Crippen molar-refractivity contribution < 1.29 is 49.8 Å². The molecule has 1 heterocycles. The molecule has 274 valence electrons. The molecule has 8 nitrogen and oxygen atoms in total. The van der Waals surface area contributed by atoms with Gasteiger partial charge in [-0.1, -0.05) is 73.9 Å². The van der Waals surface area contributed by atoms with Gasteiger partial charge in [0.25, 0.3) is 0 Å². The van der Waals surface area contributed by atoms with Crippen LogP contribution in [-0.2, 0) is 28.0 Å². The Hall–Kier alpha value is -4.82. The minimum absolute atomic E-state index is 0.0186. The van der Waals surface area contributed by atoms with E-state index in [0.29, 0.717) is 15.8 Å². The van der Waals surface area contributed by atoms with Crippen molar-refractivity contribution in [3.63, 3.8) is 0 Å². The van der Waals surface area contributed by atoms with Gasteiger partial charge in [-0.05, 0) is 54.0 Å². The van der Waals surface area contributed by atoms with Crippen LogP contribution >= 0.6 is 0 Å². The summed E-state index contributed by atoms with van der Waals surface area (Å²) in [5.41, 5.74) is 2.72. The SMILES string of the molecule is O=C(O)c1ccc(N(Cc2ccc(C3CCCCC3)cc2)C(=O)[C@@H]2CCN(S(=O)(=O)c3c(F)c(F)c(F)c(F)c3F)C2)cc1OCc1ccccc1. The molecule has 14 heteroatoms. The van der Waals surface area contributed by atoms with Gasteiger partial charge in [0, 0.05) is 24.8 Å². The summed E-state index contributed by atoms with van der Waals surface area (Å²) in [7, 11) is -5.27. The molecule has 1 saturated carbocycles. The molecule has 4 aromatic carbocycles. The maximum atomic E-state index is 14.6. The lowest BCUT2D eigenvalue weighted by molar-refractivity contribution is -0.122. The van der Waals surface area contributed by atoms with Crippen molar-refractivity contribution >= 4 is 27.6 Å². The van der Waals surface area contributed by atoms with E-state index >= 15 is 0 Å². The zero-order valence-corrected chi connectivity index (χ0v) is 28.7. The number of amides is 1. The fourth-order valence-electron chi connectivity index (χ4n) is 6.83. The third-order valence-corrected chi connectivity index (χ3v) is 11.6. The van der Waals surface area contributed by atoms with Crippen LogP contribution in [0.1, 0.15) is 71.5 Å². The van der Waals surface area contributed by atoms with Crippen LogP contribution < -0.4 is 9.64 Å². The lowest BCUT2D eigenvalue weighted by Gasteiger charge is -2.27. The first-order valence-corrected chi connectivity index (χ1v) is 18.3. The average Bonchev–Trinajstić information content (AvgIpc) is 3.67. The van der Waals surface area contributed by atoms with Crippen LogP contribution in [0.5, 0.6) is 5.75 Å². The first-order chi connectivity index (χ1) is 24.9. The Balaban J connectivity index is 1.31. The summed E-state index contributed by atoms with van der Waals surface area (Å²) in [4.78, 5) is 25.8. The van der Waals surface area contributed by atoms with Crippen LogP contribution in [0.2, 0.25) is 0 Å². The molecule has 52 heavy (non-hydrogen) atoms. The number of anilines is 1. The number of halogens is 5. The number of carbonyl (C=O) groups is 2. The number of carboxylic acids is 1. The van der Waals surface area contributed by atoms with Crippen molar-refractivity contribution in [2.24, 2.45) is 5.92 Å². The second kappa shape index (κ2) is 15.4. The number of carbonyl (C=O) groups excluding carboxylic acids is 1. The number of hydrogen-bond acceptors (Lipinski definition) is 5. The van der Waals surface area contributed by atoms with Gasteiger partial charge < -0.3 is 14.7 Å². The molecule has 1 saturated heterocycles. The Morgan fingerprint density at radius 3 is 2.06 bits per heavy atom. The van der Waals surface area contributed by atoms with E-state index in [2.05, 4.69) is 0 Å². The Labute approximate surface area is 297 Å². The standard InChI is InChI=1S/C38H35F5N2O6S/c39-31-32(40)34(42)36(35(43)33(31)41)52(49,50)44-18-17-27(21-44)37(46)45(20-23-11-13-26(14-12-23)25-9-5-2-6-10-25)28-15-16-29(38(47)48)30(19-28)51-22-24-7-3-1-4-8-24/h1,3-4,7-8,11-16,19,25,27H,2,5-6,9-10,17-18,20-22H2,(H,47,48)/t27-/m1/s1. The number of nitrogens with zero attached hydrogens (tertiary/aromatic N) is 2. The Morgan fingerprint density at radius 1 is 0.788 bits per heavy atom. The number of rotatable bonds is 11. The van der Waals surface area contributed by atoms with Crippen molar-refractivity contribution in [2.45, 2.75) is 62.5 Å². The first kappa shape index (κ1) is 37.0. The fraction of sp³-hybridized carbons (Fsp3) is 0.316. The molecule has 1 aliphatic heterocycles. The van der Waals surface area contributed by atoms with E-state index in [9.17, 15) is 45.1 Å². The highest BCUT2D eigenvalue weighted by Gasteiger charge is 2.42. The first-order valence-electron chi connectivity index (χ1n) is 16.8. The van der Waals surface area contributed by atoms with E-state index in [1.165, 1.54) is 35.1 Å². The lowest BCUT2D eigenvalue weighted by atomic mass is 9.84.